The molecule has 1 unspecified atom stereocenters. The van der Waals surface area contributed by atoms with Crippen LogP contribution >= 0.6 is 0 Å². The molecule has 0 saturated carbocycles. The van der Waals surface area contributed by atoms with Crippen molar-refractivity contribution < 1.29 is 4.79 Å². The molecule has 0 amide bonds. The van der Waals surface area contributed by atoms with E-state index < -0.39 is 0 Å². The minimum Gasteiger partial charge on any atom is -0.292 e. The van der Waals surface area contributed by atoms with Gasteiger partial charge in [0.15, 0.2) is 5.78 Å². The van der Waals surface area contributed by atoms with Crippen LogP contribution in [0.1, 0.15) is 50.0 Å². The number of rotatable bonds is 6. The number of aromatic nitrogens is 2. The standard InChI is InChI=1S/C12H18N2O/c1-3-5-6-10(4-2)12(15)11-9-13-7-8-14-11/h7-10H,3-6H2,1-2H3. The normalized spacial score (nSPS) is 12.4. The molecule has 0 aromatic carbocycles. The van der Waals surface area contributed by atoms with Gasteiger partial charge in [-0.2, -0.15) is 0 Å². The highest BCUT2D eigenvalue weighted by molar-refractivity contribution is 5.95. The number of nitrogens with zero attached hydrogens (tertiary/aromatic N) is 2. The third kappa shape index (κ3) is 3.42. The van der Waals surface area contributed by atoms with Crippen LogP contribution < -0.4 is 0 Å². The number of hydrogen-bond acceptors (Lipinski definition) is 3. The molecule has 82 valence electrons. The SMILES string of the molecule is CCCCC(CC)C(=O)c1cnccn1. The summed E-state index contributed by atoms with van der Waals surface area (Å²) in [6.07, 6.45) is 8.78. The molecule has 0 saturated heterocycles. The molecule has 3 heteroatoms. The molecule has 0 fully saturated rings. The molecule has 0 aliphatic rings. The van der Waals surface area contributed by atoms with Crippen LogP contribution in [0.3, 0.4) is 0 Å². The lowest BCUT2D eigenvalue weighted by Crippen LogP contribution is -2.15. The zero-order valence-electron chi connectivity index (χ0n) is 9.44. The Morgan fingerprint density at radius 2 is 2.20 bits per heavy atom. The Bertz CT molecular complexity index is 298. The fourth-order valence-electron chi connectivity index (χ4n) is 1.61. The maximum absolute atomic E-state index is 12.0. The maximum Gasteiger partial charge on any atom is 0.185 e. The molecule has 1 heterocycles. The molecule has 0 radical (unpaired) electrons. The topological polar surface area (TPSA) is 42.9 Å². The van der Waals surface area contributed by atoms with Gasteiger partial charge in [-0.15, -0.1) is 0 Å². The Kier molecular flexibility index (Phi) is 4.95. The van der Waals surface area contributed by atoms with E-state index in [2.05, 4.69) is 23.8 Å². The van der Waals surface area contributed by atoms with Crippen molar-refractivity contribution in [2.45, 2.75) is 39.5 Å². The average molecular weight is 206 g/mol. The van der Waals surface area contributed by atoms with E-state index in [0.717, 1.165) is 25.7 Å². The second kappa shape index (κ2) is 6.27. The summed E-state index contributed by atoms with van der Waals surface area (Å²) in [5, 5.41) is 0. The number of unbranched alkanes of at least 4 members (excludes halogenated alkanes) is 1. The highest BCUT2D eigenvalue weighted by atomic mass is 16.1. The summed E-state index contributed by atoms with van der Waals surface area (Å²) < 4.78 is 0. The lowest BCUT2D eigenvalue weighted by molar-refractivity contribution is 0.0902. The van der Waals surface area contributed by atoms with E-state index in [4.69, 9.17) is 0 Å². The van der Waals surface area contributed by atoms with Crippen LogP contribution in [0.2, 0.25) is 0 Å². The molecule has 1 rings (SSSR count). The molecule has 1 atom stereocenters. The largest absolute Gasteiger partial charge is 0.292 e. The summed E-state index contributed by atoms with van der Waals surface area (Å²) in [7, 11) is 0. The lowest BCUT2D eigenvalue weighted by Gasteiger charge is -2.11. The van der Waals surface area contributed by atoms with Crippen LogP contribution in [0.15, 0.2) is 18.6 Å². The molecule has 0 bridgehead atoms. The summed E-state index contributed by atoms with van der Waals surface area (Å²) in [4.78, 5) is 19.9. The quantitative estimate of drug-likeness (QED) is 0.672. The highest BCUT2D eigenvalue weighted by Gasteiger charge is 2.18. The molecular weight excluding hydrogens is 188 g/mol. The van der Waals surface area contributed by atoms with Gasteiger partial charge in [0.1, 0.15) is 5.69 Å². The average Bonchev–Trinajstić information content (AvgIpc) is 2.31. The second-order valence-corrected chi connectivity index (χ2v) is 3.70. The van der Waals surface area contributed by atoms with Gasteiger partial charge < -0.3 is 0 Å². The van der Waals surface area contributed by atoms with Gasteiger partial charge >= 0.3 is 0 Å². The van der Waals surface area contributed by atoms with E-state index in [9.17, 15) is 4.79 Å². The highest BCUT2D eigenvalue weighted by Crippen LogP contribution is 2.16. The van der Waals surface area contributed by atoms with Crippen LogP contribution in [0.25, 0.3) is 0 Å². The maximum atomic E-state index is 12.0. The van der Waals surface area contributed by atoms with Crippen LogP contribution in [0.4, 0.5) is 0 Å². The number of carbonyl (C=O) groups excluding carboxylic acids is 1. The van der Waals surface area contributed by atoms with Gasteiger partial charge in [0, 0.05) is 18.3 Å². The number of Topliss-reactive ketones (excluding diaryl/α,β-unsaturated/α-hetero) is 1. The first-order valence-electron chi connectivity index (χ1n) is 5.59. The third-order valence-electron chi connectivity index (χ3n) is 2.59. The monoisotopic (exact) mass is 206 g/mol. The molecule has 3 nitrogen and oxygen atoms in total. The first-order valence-corrected chi connectivity index (χ1v) is 5.59. The molecule has 0 aliphatic carbocycles. The van der Waals surface area contributed by atoms with Crippen LogP contribution in [0.5, 0.6) is 0 Å². The van der Waals surface area contributed by atoms with Crippen LogP contribution in [-0.2, 0) is 0 Å². The Labute approximate surface area is 91.0 Å². The van der Waals surface area contributed by atoms with Crippen molar-refractivity contribution in [3.63, 3.8) is 0 Å². The number of hydrogen-bond donors (Lipinski definition) is 0. The zero-order chi connectivity index (χ0) is 11.1. The summed E-state index contributed by atoms with van der Waals surface area (Å²) >= 11 is 0. The first-order chi connectivity index (χ1) is 7.29. The van der Waals surface area contributed by atoms with E-state index in [1.54, 1.807) is 18.6 Å². The van der Waals surface area contributed by atoms with Crippen molar-refractivity contribution >= 4 is 5.78 Å². The van der Waals surface area contributed by atoms with Gasteiger partial charge in [-0.1, -0.05) is 26.7 Å². The Balaban J connectivity index is 2.65. The fraction of sp³-hybridized carbons (Fsp3) is 0.583. The summed E-state index contributed by atoms with van der Waals surface area (Å²) in [6, 6.07) is 0. The van der Waals surface area contributed by atoms with Crippen LogP contribution in [0, 0.1) is 5.92 Å². The Morgan fingerprint density at radius 1 is 1.40 bits per heavy atom. The van der Waals surface area contributed by atoms with Crippen molar-refractivity contribution in [2.75, 3.05) is 0 Å². The van der Waals surface area contributed by atoms with E-state index >= 15 is 0 Å². The summed E-state index contributed by atoms with van der Waals surface area (Å²) in [5.41, 5.74) is 0.500. The number of carbonyl (C=O) groups is 1. The van der Waals surface area contributed by atoms with E-state index in [1.807, 2.05) is 0 Å². The van der Waals surface area contributed by atoms with Crippen molar-refractivity contribution in [1.29, 1.82) is 0 Å². The molecule has 0 aliphatic heterocycles. The van der Waals surface area contributed by atoms with Gasteiger partial charge in [0.25, 0.3) is 0 Å². The minimum absolute atomic E-state index is 0.113. The van der Waals surface area contributed by atoms with Crippen molar-refractivity contribution in [1.82, 2.24) is 9.97 Å². The summed E-state index contributed by atoms with van der Waals surface area (Å²) in [5.74, 6) is 0.251. The van der Waals surface area contributed by atoms with Crippen molar-refractivity contribution in [2.24, 2.45) is 5.92 Å². The van der Waals surface area contributed by atoms with E-state index in [-0.39, 0.29) is 11.7 Å². The van der Waals surface area contributed by atoms with Gasteiger partial charge in [-0.25, -0.2) is 4.98 Å². The fourth-order valence-corrected chi connectivity index (χ4v) is 1.61. The molecule has 15 heavy (non-hydrogen) atoms. The predicted octanol–water partition coefficient (Wildman–Crippen LogP) is 2.88. The Morgan fingerprint density at radius 3 is 2.73 bits per heavy atom. The molecule has 0 N–H and O–H groups in total. The smallest absolute Gasteiger partial charge is 0.185 e. The van der Waals surface area contributed by atoms with Gasteiger partial charge in [-0.3, -0.25) is 9.78 Å². The van der Waals surface area contributed by atoms with E-state index in [1.165, 1.54) is 0 Å². The Hall–Kier alpha value is -1.25. The number of ketones is 1. The molecule has 1 aromatic rings. The minimum atomic E-state index is 0.113. The van der Waals surface area contributed by atoms with Gasteiger partial charge in [-0.05, 0) is 12.8 Å². The first kappa shape index (κ1) is 11.8. The summed E-state index contributed by atoms with van der Waals surface area (Å²) in [6.45, 7) is 4.19. The molecule has 0 spiro atoms. The molecular formula is C12H18N2O. The lowest BCUT2D eigenvalue weighted by atomic mass is 9.93. The van der Waals surface area contributed by atoms with Gasteiger partial charge in [0.05, 0.1) is 6.20 Å². The predicted molar refractivity (Wildman–Crippen MR) is 59.7 cm³/mol. The molecule has 1 aromatic heterocycles. The van der Waals surface area contributed by atoms with Crippen LogP contribution in [-0.4, -0.2) is 15.8 Å². The van der Waals surface area contributed by atoms with E-state index in [0.29, 0.717) is 5.69 Å². The van der Waals surface area contributed by atoms with Crippen molar-refractivity contribution in [3.8, 4) is 0 Å². The second-order valence-electron chi connectivity index (χ2n) is 3.70. The zero-order valence-corrected chi connectivity index (χ0v) is 9.44. The van der Waals surface area contributed by atoms with Gasteiger partial charge in [0.2, 0.25) is 0 Å². The third-order valence-corrected chi connectivity index (χ3v) is 2.59. The van der Waals surface area contributed by atoms with Crippen molar-refractivity contribution in [3.05, 3.63) is 24.3 Å².